The van der Waals surface area contributed by atoms with Gasteiger partial charge in [0.1, 0.15) is 0 Å². The monoisotopic (exact) mass is 222 g/mol. The van der Waals surface area contributed by atoms with E-state index in [1.165, 1.54) is 0 Å². The second-order valence-corrected chi connectivity index (χ2v) is 2.31. The van der Waals surface area contributed by atoms with Gasteiger partial charge in [0.15, 0.2) is 0 Å². The summed E-state index contributed by atoms with van der Waals surface area (Å²) in [5, 5.41) is 8.86. The summed E-state index contributed by atoms with van der Waals surface area (Å²) >= 11 is 0. The number of halogens is 3. The maximum atomic E-state index is 11.7. The van der Waals surface area contributed by atoms with Gasteiger partial charge in [0.05, 0.1) is 0 Å². The van der Waals surface area contributed by atoms with E-state index in [1.54, 1.807) is 0 Å². The van der Waals surface area contributed by atoms with E-state index >= 15 is 0 Å². The summed E-state index contributed by atoms with van der Waals surface area (Å²) in [6.45, 7) is 0. The topological polar surface area (TPSA) is 89.5 Å². The number of phenolic OH excluding ortho intramolecular Hbond substituents is 1. The Kier molecular flexibility index (Phi) is 5.85. The quantitative estimate of drug-likeness (QED) is 0.709. The van der Waals surface area contributed by atoms with Crippen LogP contribution in [0.25, 0.3) is 0 Å². The van der Waals surface area contributed by atoms with Gasteiger partial charge in [-0.25, -0.2) is 0 Å². The molecule has 15 heavy (non-hydrogen) atoms. The molecule has 0 bridgehead atoms. The molecule has 1 rings (SSSR count). The number of benzene rings is 1. The molecule has 4 nitrogen and oxygen atoms in total. The second kappa shape index (κ2) is 5.47. The molecule has 1 aromatic rings. The van der Waals surface area contributed by atoms with Gasteiger partial charge in [-0.1, -0.05) is 0 Å². The van der Waals surface area contributed by atoms with Crippen LogP contribution in [0, 0.1) is 0 Å². The average Bonchev–Trinajstić information content (AvgIpc) is 1.78. The Balaban J connectivity index is 0. The van der Waals surface area contributed by atoms with Crippen LogP contribution in [0.5, 0.6) is 11.5 Å². The van der Waals surface area contributed by atoms with Crippen molar-refractivity contribution in [3.63, 3.8) is 0 Å². The second-order valence-electron chi connectivity index (χ2n) is 2.31. The zero-order valence-electron chi connectivity index (χ0n) is 7.19. The fourth-order valence-electron chi connectivity index (χ4n) is 0.798. The SMILES string of the molecule is [B+2]c1cc(O)cc(OC(F)(F)F)c1.[OH-].[OH-]. The van der Waals surface area contributed by atoms with Gasteiger partial charge in [-0.05, 0) is 0 Å². The Hall–Kier alpha value is -1.41. The van der Waals surface area contributed by atoms with E-state index in [1.807, 2.05) is 0 Å². The zero-order valence-corrected chi connectivity index (χ0v) is 7.19. The molecule has 0 unspecified atom stereocenters. The molecule has 3 N–H and O–H groups in total. The van der Waals surface area contributed by atoms with E-state index in [-0.39, 0.29) is 22.2 Å². The number of ether oxygens (including phenoxy) is 1. The van der Waals surface area contributed by atoms with Crippen molar-refractivity contribution in [2.75, 3.05) is 0 Å². The largest absolute Gasteiger partial charge is 0.870 e. The maximum absolute atomic E-state index is 11.7. The third-order valence-electron chi connectivity index (χ3n) is 1.15. The standard InChI is InChI=1S/C7H4BF3O2.2H2O/c8-4-1-5(12)3-6(2-4)13-7(9,10)11;;/h1-3,12H;2*1H2/q+2;;/p-2. The average molecular weight is 222 g/mol. The van der Waals surface area contributed by atoms with Gasteiger partial charge >= 0.3 is 72.4 Å². The summed E-state index contributed by atoms with van der Waals surface area (Å²) in [4.78, 5) is 0. The Morgan fingerprint density at radius 2 is 1.67 bits per heavy atom. The van der Waals surface area contributed by atoms with Crippen LogP contribution in [0.2, 0.25) is 0 Å². The molecular formula is C7H6BF3O4. The molecule has 0 atom stereocenters. The summed E-state index contributed by atoms with van der Waals surface area (Å²) < 4.78 is 38.5. The predicted octanol–water partition coefficient (Wildman–Crippen LogP) is 0.731. The number of alkyl halides is 3. The van der Waals surface area contributed by atoms with Crippen molar-refractivity contribution < 1.29 is 34.0 Å². The van der Waals surface area contributed by atoms with Crippen LogP contribution in [0.1, 0.15) is 0 Å². The van der Waals surface area contributed by atoms with Crippen molar-refractivity contribution in [2.45, 2.75) is 6.36 Å². The van der Waals surface area contributed by atoms with Crippen molar-refractivity contribution in [1.82, 2.24) is 0 Å². The molecule has 0 fully saturated rings. The van der Waals surface area contributed by atoms with Gasteiger partial charge in [0.2, 0.25) is 0 Å². The third-order valence-corrected chi connectivity index (χ3v) is 1.15. The van der Waals surface area contributed by atoms with Gasteiger partial charge in [-0.2, -0.15) is 0 Å². The Morgan fingerprint density at radius 3 is 2.07 bits per heavy atom. The molecule has 0 heterocycles. The first-order valence-corrected chi connectivity index (χ1v) is 3.22. The van der Waals surface area contributed by atoms with Crippen LogP contribution >= 0.6 is 0 Å². The molecule has 0 aliphatic rings. The maximum Gasteiger partial charge on any atom is -0.870 e. The van der Waals surface area contributed by atoms with Crippen LogP contribution in [0.15, 0.2) is 18.2 Å². The first-order chi connectivity index (χ1) is 5.87. The van der Waals surface area contributed by atoms with Gasteiger partial charge in [-0.3, -0.25) is 0 Å². The van der Waals surface area contributed by atoms with E-state index < -0.39 is 12.1 Å². The van der Waals surface area contributed by atoms with Crippen molar-refractivity contribution in [3.8, 4) is 11.5 Å². The van der Waals surface area contributed by atoms with E-state index in [0.717, 1.165) is 18.2 Å². The first kappa shape index (κ1) is 16.0. The molecule has 0 aliphatic carbocycles. The van der Waals surface area contributed by atoms with Crippen LogP contribution in [0.4, 0.5) is 13.2 Å². The van der Waals surface area contributed by atoms with Crippen molar-refractivity contribution in [3.05, 3.63) is 18.2 Å². The summed E-state index contributed by atoms with van der Waals surface area (Å²) in [6.07, 6.45) is -4.78. The fraction of sp³-hybridized carbons (Fsp3) is 0.143. The minimum absolute atomic E-state index is 0. The summed E-state index contributed by atoms with van der Waals surface area (Å²) in [7, 11) is 5.17. The number of hydrogen-bond acceptors (Lipinski definition) is 4. The van der Waals surface area contributed by atoms with Crippen LogP contribution in [-0.2, 0) is 0 Å². The molecule has 0 saturated carbocycles. The molecule has 0 amide bonds. The molecule has 0 radical (unpaired) electrons. The van der Waals surface area contributed by atoms with Gasteiger partial charge < -0.3 is 11.0 Å². The Morgan fingerprint density at radius 1 is 1.13 bits per heavy atom. The van der Waals surface area contributed by atoms with E-state index in [4.69, 9.17) is 13.0 Å². The molecule has 0 spiro atoms. The minimum Gasteiger partial charge on any atom is -0.870 e. The predicted molar refractivity (Wildman–Crippen MR) is 44.0 cm³/mol. The van der Waals surface area contributed by atoms with E-state index in [0.29, 0.717) is 0 Å². The zero-order chi connectivity index (χ0) is 10.1. The minimum atomic E-state index is -4.78. The summed E-state index contributed by atoms with van der Waals surface area (Å²) in [6, 6.07) is 2.90. The van der Waals surface area contributed by atoms with Gasteiger partial charge in [-0.15, -0.1) is 0 Å². The molecule has 82 valence electrons. The smallest absolute Gasteiger partial charge is 0.870 e. The first-order valence-electron chi connectivity index (χ1n) is 3.22. The Labute approximate surface area is 84.3 Å². The van der Waals surface area contributed by atoms with Crippen molar-refractivity contribution in [1.29, 1.82) is 0 Å². The molecule has 1 aromatic carbocycles. The number of aromatic hydroxyl groups is 1. The Bertz CT molecular complexity index is 295. The van der Waals surface area contributed by atoms with E-state index in [2.05, 4.69) is 4.74 Å². The normalized spacial score (nSPS) is 9.93. The molecular weight excluding hydrogens is 216 g/mol. The van der Waals surface area contributed by atoms with Crippen LogP contribution < -0.4 is 10.2 Å². The molecule has 0 aromatic heterocycles. The number of hydrogen-bond donors (Lipinski definition) is 1. The number of phenols is 1. The van der Waals surface area contributed by atoms with Gasteiger partial charge in [0, 0.05) is 0 Å². The van der Waals surface area contributed by atoms with Crippen molar-refractivity contribution >= 4 is 13.3 Å². The van der Waals surface area contributed by atoms with Gasteiger partial charge in [0.25, 0.3) is 0 Å². The van der Waals surface area contributed by atoms with Crippen molar-refractivity contribution in [2.24, 2.45) is 0 Å². The van der Waals surface area contributed by atoms with Crippen LogP contribution in [-0.4, -0.2) is 30.3 Å². The summed E-state index contributed by atoms with van der Waals surface area (Å²) in [5.41, 5.74) is -0.000694. The molecule has 0 aliphatic heterocycles. The molecule has 0 saturated heterocycles. The molecule has 8 heteroatoms. The third kappa shape index (κ3) is 5.81. The fourth-order valence-corrected chi connectivity index (χ4v) is 0.798. The summed E-state index contributed by atoms with van der Waals surface area (Å²) in [5.74, 6) is -0.913. The van der Waals surface area contributed by atoms with Crippen LogP contribution in [0.3, 0.4) is 0 Å². The number of rotatable bonds is 1. The van der Waals surface area contributed by atoms with E-state index in [9.17, 15) is 13.2 Å².